The number of amides is 1. The number of hydrogen-bond donors (Lipinski definition) is 2. The second kappa shape index (κ2) is 6.48. The lowest BCUT2D eigenvalue weighted by Crippen LogP contribution is -2.54. The molecule has 0 spiro atoms. The van der Waals surface area contributed by atoms with Crippen molar-refractivity contribution in [2.24, 2.45) is 11.7 Å². The van der Waals surface area contributed by atoms with Gasteiger partial charge in [0, 0.05) is 6.54 Å². The lowest BCUT2D eigenvalue weighted by atomic mass is 9.96. The molecule has 1 fully saturated rings. The maximum absolute atomic E-state index is 12.0. The number of nitrogens with one attached hydrogen (secondary N) is 1. The molecule has 116 valence electrons. The van der Waals surface area contributed by atoms with Gasteiger partial charge in [-0.25, -0.2) is 0 Å². The van der Waals surface area contributed by atoms with Gasteiger partial charge in [-0.3, -0.25) is 4.79 Å². The molecule has 3 N–H and O–H groups in total. The van der Waals surface area contributed by atoms with Crippen molar-refractivity contribution in [2.45, 2.75) is 45.1 Å². The molecule has 1 atom stereocenters. The zero-order valence-corrected chi connectivity index (χ0v) is 13.2. The van der Waals surface area contributed by atoms with Crippen LogP contribution in [0.4, 0.5) is 0 Å². The van der Waals surface area contributed by atoms with Crippen LogP contribution in [-0.2, 0) is 4.79 Å². The smallest absolute Gasteiger partial charge is 0.258 e. The van der Waals surface area contributed by atoms with Crippen LogP contribution in [0.15, 0.2) is 24.3 Å². The topological polar surface area (TPSA) is 64.3 Å². The molecular formula is C17H26N2O2. The molecule has 2 rings (SSSR count). The fraction of sp³-hybridized carbons (Fsp3) is 0.588. The summed E-state index contributed by atoms with van der Waals surface area (Å²) >= 11 is 0. The van der Waals surface area contributed by atoms with Crippen LogP contribution in [0.2, 0.25) is 0 Å². The minimum atomic E-state index is -0.290. The molecule has 1 amide bonds. The monoisotopic (exact) mass is 290 g/mol. The van der Waals surface area contributed by atoms with Gasteiger partial charge in [-0.15, -0.1) is 0 Å². The Morgan fingerprint density at radius 3 is 2.48 bits per heavy atom. The molecule has 1 aromatic rings. The van der Waals surface area contributed by atoms with E-state index in [2.05, 4.69) is 19.2 Å². The maximum Gasteiger partial charge on any atom is 0.258 e. The molecule has 21 heavy (non-hydrogen) atoms. The normalized spacial score (nSPS) is 17.4. The van der Waals surface area contributed by atoms with Gasteiger partial charge < -0.3 is 15.8 Å². The molecule has 4 nitrogen and oxygen atoms in total. The van der Waals surface area contributed by atoms with Gasteiger partial charge in [0.2, 0.25) is 0 Å². The first-order chi connectivity index (χ1) is 9.94. The van der Waals surface area contributed by atoms with Crippen molar-refractivity contribution >= 4 is 5.91 Å². The van der Waals surface area contributed by atoms with Crippen molar-refractivity contribution in [1.82, 2.24) is 5.32 Å². The highest BCUT2D eigenvalue weighted by Crippen LogP contribution is 2.38. The van der Waals surface area contributed by atoms with Crippen LogP contribution in [-0.4, -0.2) is 24.6 Å². The Kier molecular flexibility index (Phi) is 4.88. The predicted octanol–water partition coefficient (Wildman–Crippen LogP) is 2.43. The summed E-state index contributed by atoms with van der Waals surface area (Å²) < 4.78 is 5.54. The minimum absolute atomic E-state index is 0.0311. The summed E-state index contributed by atoms with van der Waals surface area (Å²) in [6, 6.07) is 7.88. The van der Waals surface area contributed by atoms with Gasteiger partial charge in [0.1, 0.15) is 5.75 Å². The first-order valence-electron chi connectivity index (χ1n) is 7.68. The first kappa shape index (κ1) is 15.8. The lowest BCUT2D eigenvalue weighted by Gasteiger charge is -2.29. The van der Waals surface area contributed by atoms with Crippen LogP contribution in [0.3, 0.4) is 0 Å². The van der Waals surface area contributed by atoms with E-state index in [4.69, 9.17) is 10.5 Å². The highest BCUT2D eigenvalue weighted by Gasteiger charge is 2.41. The molecule has 0 aromatic heterocycles. The van der Waals surface area contributed by atoms with Crippen LogP contribution in [0.5, 0.6) is 5.75 Å². The van der Waals surface area contributed by atoms with E-state index in [1.807, 2.05) is 31.2 Å². The van der Waals surface area contributed by atoms with E-state index in [0.29, 0.717) is 18.4 Å². The standard InChI is InChI=1S/C17H26N2O2/c1-12(2)13-4-8-15(9-5-13)21-10-16(20)19-17(3,11-18)14-6-7-14/h4-5,8-9,12,14H,6-7,10-11,18H2,1-3H3,(H,19,20). The summed E-state index contributed by atoms with van der Waals surface area (Å²) in [5.41, 5.74) is 6.76. The molecule has 1 saturated carbocycles. The number of ether oxygens (including phenoxy) is 1. The molecule has 0 radical (unpaired) electrons. The van der Waals surface area contributed by atoms with Crippen LogP contribution < -0.4 is 15.8 Å². The van der Waals surface area contributed by atoms with Crippen molar-refractivity contribution in [3.63, 3.8) is 0 Å². The highest BCUT2D eigenvalue weighted by molar-refractivity contribution is 5.78. The Morgan fingerprint density at radius 2 is 2.00 bits per heavy atom. The molecule has 4 heteroatoms. The zero-order valence-electron chi connectivity index (χ0n) is 13.2. The molecular weight excluding hydrogens is 264 g/mol. The molecule has 1 aliphatic rings. The summed E-state index contributed by atoms with van der Waals surface area (Å²) in [5, 5.41) is 3.02. The molecule has 1 aromatic carbocycles. The average Bonchev–Trinajstić information content (AvgIpc) is 3.30. The number of benzene rings is 1. The Balaban J connectivity index is 1.83. The summed E-state index contributed by atoms with van der Waals surface area (Å²) in [7, 11) is 0. The second-order valence-electron chi connectivity index (χ2n) is 6.46. The average molecular weight is 290 g/mol. The van der Waals surface area contributed by atoms with E-state index in [9.17, 15) is 4.79 Å². The fourth-order valence-electron chi connectivity index (χ4n) is 2.49. The van der Waals surface area contributed by atoms with Crippen molar-refractivity contribution in [3.05, 3.63) is 29.8 Å². The van der Waals surface area contributed by atoms with E-state index in [-0.39, 0.29) is 18.1 Å². The number of carbonyl (C=O) groups is 1. The van der Waals surface area contributed by atoms with Gasteiger partial charge in [0.25, 0.3) is 5.91 Å². The third-order valence-corrected chi connectivity index (χ3v) is 4.24. The largest absolute Gasteiger partial charge is 0.484 e. The van der Waals surface area contributed by atoms with E-state index in [1.165, 1.54) is 5.56 Å². The third-order valence-electron chi connectivity index (χ3n) is 4.24. The minimum Gasteiger partial charge on any atom is -0.484 e. The van der Waals surface area contributed by atoms with Gasteiger partial charge >= 0.3 is 0 Å². The Labute approximate surface area is 127 Å². The molecule has 1 aliphatic carbocycles. The van der Waals surface area contributed by atoms with Crippen molar-refractivity contribution in [3.8, 4) is 5.75 Å². The van der Waals surface area contributed by atoms with Crippen LogP contribution in [0, 0.1) is 5.92 Å². The first-order valence-corrected chi connectivity index (χ1v) is 7.68. The quantitative estimate of drug-likeness (QED) is 0.810. The molecule has 0 heterocycles. The number of hydrogen-bond acceptors (Lipinski definition) is 3. The fourth-order valence-corrected chi connectivity index (χ4v) is 2.49. The van der Waals surface area contributed by atoms with E-state index in [0.717, 1.165) is 18.6 Å². The molecule has 0 saturated heterocycles. The number of carbonyl (C=O) groups excluding carboxylic acids is 1. The Hall–Kier alpha value is -1.55. The maximum atomic E-state index is 12.0. The van der Waals surface area contributed by atoms with Gasteiger partial charge in [-0.1, -0.05) is 26.0 Å². The summed E-state index contributed by atoms with van der Waals surface area (Å²) in [5.74, 6) is 1.61. The van der Waals surface area contributed by atoms with Gasteiger partial charge in [-0.05, 0) is 49.3 Å². The Bertz CT molecular complexity index is 480. The second-order valence-corrected chi connectivity index (χ2v) is 6.46. The molecule has 0 aliphatic heterocycles. The predicted molar refractivity (Wildman–Crippen MR) is 84.4 cm³/mol. The van der Waals surface area contributed by atoms with Crippen LogP contribution >= 0.6 is 0 Å². The molecule has 1 unspecified atom stereocenters. The Morgan fingerprint density at radius 1 is 1.38 bits per heavy atom. The van der Waals surface area contributed by atoms with Crippen LogP contribution in [0.25, 0.3) is 0 Å². The third kappa shape index (κ3) is 4.21. The van der Waals surface area contributed by atoms with Crippen molar-refractivity contribution < 1.29 is 9.53 Å². The SMILES string of the molecule is CC(C)c1ccc(OCC(=O)NC(C)(CN)C2CC2)cc1. The number of nitrogens with two attached hydrogens (primary N) is 1. The molecule has 0 bridgehead atoms. The van der Waals surface area contributed by atoms with E-state index < -0.39 is 0 Å². The van der Waals surface area contributed by atoms with E-state index in [1.54, 1.807) is 0 Å². The van der Waals surface area contributed by atoms with Crippen LogP contribution in [0.1, 0.15) is 45.1 Å². The summed E-state index contributed by atoms with van der Waals surface area (Å²) in [6.07, 6.45) is 2.29. The van der Waals surface area contributed by atoms with E-state index >= 15 is 0 Å². The van der Waals surface area contributed by atoms with Crippen molar-refractivity contribution in [2.75, 3.05) is 13.2 Å². The van der Waals surface area contributed by atoms with Gasteiger partial charge in [0.15, 0.2) is 6.61 Å². The van der Waals surface area contributed by atoms with Gasteiger partial charge in [-0.2, -0.15) is 0 Å². The highest BCUT2D eigenvalue weighted by atomic mass is 16.5. The van der Waals surface area contributed by atoms with Crippen molar-refractivity contribution in [1.29, 1.82) is 0 Å². The lowest BCUT2D eigenvalue weighted by molar-refractivity contribution is -0.125. The number of rotatable bonds is 7. The summed E-state index contributed by atoms with van der Waals surface area (Å²) in [4.78, 5) is 12.0. The van der Waals surface area contributed by atoms with Gasteiger partial charge in [0.05, 0.1) is 5.54 Å². The zero-order chi connectivity index (χ0) is 15.5. The summed E-state index contributed by atoms with van der Waals surface area (Å²) in [6.45, 7) is 6.81.